The largest absolute Gasteiger partial charge is 0.369 e. The summed E-state index contributed by atoms with van der Waals surface area (Å²) in [6.45, 7) is 5.84. The number of rotatable bonds is 4. The van der Waals surface area contributed by atoms with Gasteiger partial charge in [0, 0.05) is 43.3 Å². The minimum atomic E-state index is -0.200. The maximum absolute atomic E-state index is 11.6. The Hall–Kier alpha value is -2.44. The zero-order valence-corrected chi connectivity index (χ0v) is 13.5. The number of hydrogen-bond donors (Lipinski definition) is 2. The molecule has 1 aliphatic rings. The van der Waals surface area contributed by atoms with Gasteiger partial charge in [-0.15, -0.1) is 0 Å². The number of hydrogen-bond acceptors (Lipinski definition) is 6. The summed E-state index contributed by atoms with van der Waals surface area (Å²) < 4.78 is 0. The molecule has 1 saturated heterocycles. The predicted molar refractivity (Wildman–Crippen MR) is 89.6 cm³/mol. The van der Waals surface area contributed by atoms with Crippen LogP contribution in [0.5, 0.6) is 0 Å². The molecule has 0 saturated carbocycles. The summed E-state index contributed by atoms with van der Waals surface area (Å²) in [5.41, 5.74) is 7.27. The molecule has 3 N–H and O–H groups in total. The lowest BCUT2D eigenvalue weighted by atomic mass is 10.1. The van der Waals surface area contributed by atoms with Gasteiger partial charge >= 0.3 is 0 Å². The van der Waals surface area contributed by atoms with Crippen molar-refractivity contribution >= 4 is 11.8 Å². The first-order valence-electron chi connectivity index (χ1n) is 8.07. The van der Waals surface area contributed by atoms with Crippen LogP contribution in [0.15, 0.2) is 16.9 Å². The first-order valence-corrected chi connectivity index (χ1v) is 8.07. The van der Waals surface area contributed by atoms with Crippen LogP contribution in [-0.4, -0.2) is 33.0 Å². The van der Waals surface area contributed by atoms with Crippen molar-refractivity contribution in [3.05, 3.63) is 39.7 Å². The Morgan fingerprint density at radius 1 is 1.26 bits per heavy atom. The van der Waals surface area contributed by atoms with Crippen LogP contribution >= 0.6 is 0 Å². The summed E-state index contributed by atoms with van der Waals surface area (Å²) in [6.07, 6.45) is 2.65. The van der Waals surface area contributed by atoms with Crippen molar-refractivity contribution in [3.63, 3.8) is 0 Å². The first kappa shape index (κ1) is 15.5. The smallest absolute Gasteiger partial charge is 0.252 e. The van der Waals surface area contributed by atoms with Gasteiger partial charge in [0.05, 0.1) is 5.69 Å². The van der Waals surface area contributed by atoms with Gasteiger partial charge in [-0.3, -0.25) is 9.78 Å². The van der Waals surface area contributed by atoms with Crippen LogP contribution in [-0.2, 0) is 12.8 Å². The SMILES string of the molecule is CCc1cc(N2CCC(c3cc(=O)[nH]c(N)n3)C2)nc(CC)n1. The van der Waals surface area contributed by atoms with Crippen molar-refractivity contribution in [2.75, 3.05) is 23.7 Å². The van der Waals surface area contributed by atoms with Crippen LogP contribution < -0.4 is 16.2 Å². The zero-order valence-electron chi connectivity index (χ0n) is 13.5. The zero-order chi connectivity index (χ0) is 16.4. The molecule has 1 unspecified atom stereocenters. The van der Waals surface area contributed by atoms with Crippen molar-refractivity contribution < 1.29 is 0 Å². The Labute approximate surface area is 135 Å². The molecular weight excluding hydrogens is 292 g/mol. The molecule has 2 aromatic heterocycles. The minimum absolute atomic E-state index is 0.175. The fraction of sp³-hybridized carbons (Fsp3) is 0.500. The number of nitrogen functional groups attached to an aromatic ring is 1. The minimum Gasteiger partial charge on any atom is -0.369 e. The third-order valence-corrected chi connectivity index (χ3v) is 4.20. The standard InChI is InChI=1S/C16H22N6O/c1-3-11-7-14(20-13(4-2)18-11)22-6-5-10(9-22)12-8-15(23)21-16(17)19-12/h7-8,10H,3-6,9H2,1-2H3,(H3,17,19,21,23). The van der Waals surface area contributed by atoms with Crippen LogP contribution in [0.25, 0.3) is 0 Å². The Balaban J connectivity index is 1.83. The molecule has 0 aliphatic carbocycles. The molecule has 0 radical (unpaired) electrons. The van der Waals surface area contributed by atoms with Gasteiger partial charge in [-0.25, -0.2) is 15.0 Å². The van der Waals surface area contributed by atoms with Gasteiger partial charge in [0.2, 0.25) is 5.95 Å². The molecule has 1 aliphatic heterocycles. The molecule has 23 heavy (non-hydrogen) atoms. The molecule has 7 nitrogen and oxygen atoms in total. The fourth-order valence-electron chi connectivity index (χ4n) is 2.95. The van der Waals surface area contributed by atoms with E-state index >= 15 is 0 Å². The molecule has 2 aromatic rings. The Morgan fingerprint density at radius 3 is 2.78 bits per heavy atom. The Bertz CT molecular complexity index is 734. The highest BCUT2D eigenvalue weighted by Crippen LogP contribution is 2.29. The third kappa shape index (κ3) is 3.33. The molecule has 0 bridgehead atoms. The van der Waals surface area contributed by atoms with Crippen LogP contribution in [0, 0.1) is 0 Å². The van der Waals surface area contributed by atoms with E-state index in [4.69, 9.17) is 5.73 Å². The molecule has 0 amide bonds. The monoisotopic (exact) mass is 314 g/mol. The second kappa shape index (κ2) is 6.36. The summed E-state index contributed by atoms with van der Waals surface area (Å²) in [4.78, 5) is 29.8. The Kier molecular flexibility index (Phi) is 4.27. The average molecular weight is 314 g/mol. The molecule has 0 spiro atoms. The molecule has 3 rings (SSSR count). The maximum Gasteiger partial charge on any atom is 0.252 e. The number of aromatic amines is 1. The summed E-state index contributed by atoms with van der Waals surface area (Å²) in [5.74, 6) is 2.22. The van der Waals surface area contributed by atoms with Crippen molar-refractivity contribution in [3.8, 4) is 0 Å². The van der Waals surface area contributed by atoms with E-state index in [0.717, 1.165) is 55.4 Å². The number of aromatic nitrogens is 4. The number of aryl methyl sites for hydroxylation is 2. The van der Waals surface area contributed by atoms with Gasteiger partial charge in [0.25, 0.3) is 5.56 Å². The highest BCUT2D eigenvalue weighted by Gasteiger charge is 2.27. The first-order chi connectivity index (χ1) is 11.1. The van der Waals surface area contributed by atoms with E-state index < -0.39 is 0 Å². The summed E-state index contributed by atoms with van der Waals surface area (Å²) in [5, 5.41) is 0. The average Bonchev–Trinajstić information content (AvgIpc) is 3.03. The van der Waals surface area contributed by atoms with Crippen LogP contribution in [0.2, 0.25) is 0 Å². The third-order valence-electron chi connectivity index (χ3n) is 4.20. The van der Waals surface area contributed by atoms with Crippen LogP contribution in [0.1, 0.15) is 43.4 Å². The van der Waals surface area contributed by atoms with E-state index in [1.54, 1.807) is 6.07 Å². The summed E-state index contributed by atoms with van der Waals surface area (Å²) >= 11 is 0. The second-order valence-corrected chi connectivity index (χ2v) is 5.83. The van der Waals surface area contributed by atoms with Crippen molar-refractivity contribution in [1.82, 2.24) is 19.9 Å². The Morgan fingerprint density at radius 2 is 2.09 bits per heavy atom. The van der Waals surface area contributed by atoms with Gasteiger partial charge in [0.15, 0.2) is 0 Å². The number of nitrogens with one attached hydrogen (secondary N) is 1. The summed E-state index contributed by atoms with van der Waals surface area (Å²) in [6, 6.07) is 3.60. The fourth-order valence-corrected chi connectivity index (χ4v) is 2.95. The molecule has 1 fully saturated rings. The maximum atomic E-state index is 11.6. The highest BCUT2D eigenvalue weighted by atomic mass is 16.1. The predicted octanol–water partition coefficient (Wildman–Crippen LogP) is 1.26. The quantitative estimate of drug-likeness (QED) is 0.881. The normalized spacial score (nSPS) is 17.7. The number of H-pyrrole nitrogens is 1. The van der Waals surface area contributed by atoms with Crippen LogP contribution in [0.4, 0.5) is 11.8 Å². The molecule has 3 heterocycles. The molecule has 122 valence electrons. The lowest BCUT2D eigenvalue weighted by Crippen LogP contribution is -2.22. The van der Waals surface area contributed by atoms with Gasteiger partial charge in [-0.2, -0.15) is 0 Å². The van der Waals surface area contributed by atoms with E-state index in [1.807, 2.05) is 0 Å². The van der Waals surface area contributed by atoms with E-state index in [1.165, 1.54) is 0 Å². The van der Waals surface area contributed by atoms with Crippen molar-refractivity contribution in [2.24, 2.45) is 0 Å². The number of nitrogens with zero attached hydrogens (tertiary/aromatic N) is 4. The van der Waals surface area contributed by atoms with E-state index in [9.17, 15) is 4.79 Å². The van der Waals surface area contributed by atoms with E-state index in [2.05, 4.69) is 44.7 Å². The number of nitrogens with two attached hydrogens (primary N) is 1. The van der Waals surface area contributed by atoms with Crippen LogP contribution in [0.3, 0.4) is 0 Å². The van der Waals surface area contributed by atoms with E-state index in [-0.39, 0.29) is 17.4 Å². The summed E-state index contributed by atoms with van der Waals surface area (Å²) in [7, 11) is 0. The topological polar surface area (TPSA) is 101 Å². The number of anilines is 2. The molecular formula is C16H22N6O. The van der Waals surface area contributed by atoms with Gasteiger partial charge < -0.3 is 10.6 Å². The second-order valence-electron chi connectivity index (χ2n) is 5.83. The lowest BCUT2D eigenvalue weighted by molar-refractivity contribution is 0.738. The van der Waals surface area contributed by atoms with Crippen molar-refractivity contribution in [1.29, 1.82) is 0 Å². The molecule has 1 atom stereocenters. The lowest BCUT2D eigenvalue weighted by Gasteiger charge is -2.19. The van der Waals surface area contributed by atoms with E-state index in [0.29, 0.717) is 0 Å². The van der Waals surface area contributed by atoms with Gasteiger partial charge in [-0.05, 0) is 12.8 Å². The van der Waals surface area contributed by atoms with Gasteiger partial charge in [0.1, 0.15) is 11.6 Å². The molecule has 0 aromatic carbocycles. The highest BCUT2D eigenvalue weighted by molar-refractivity contribution is 5.42. The van der Waals surface area contributed by atoms with Gasteiger partial charge in [-0.1, -0.05) is 13.8 Å². The van der Waals surface area contributed by atoms with Crippen molar-refractivity contribution in [2.45, 2.75) is 39.0 Å². The molecule has 7 heteroatoms.